The van der Waals surface area contributed by atoms with Crippen molar-refractivity contribution in [1.29, 1.82) is 0 Å². The van der Waals surface area contributed by atoms with Crippen molar-refractivity contribution in [3.8, 4) is 17.0 Å². The van der Waals surface area contributed by atoms with Crippen LogP contribution in [0.4, 0.5) is 5.00 Å². The first kappa shape index (κ1) is 15.6. The van der Waals surface area contributed by atoms with Gasteiger partial charge < -0.3 is 10.1 Å². The van der Waals surface area contributed by atoms with Crippen LogP contribution in [0.2, 0.25) is 0 Å². The molecule has 5 heteroatoms. The maximum atomic E-state index is 12.5. The van der Waals surface area contributed by atoms with Crippen molar-refractivity contribution < 1.29 is 9.53 Å². The molecule has 0 fully saturated rings. The normalized spacial score (nSPS) is 14.6. The first-order valence-corrected chi connectivity index (χ1v) is 8.92. The summed E-state index contributed by atoms with van der Waals surface area (Å²) in [6.45, 7) is 0.589. The van der Waals surface area contributed by atoms with Crippen molar-refractivity contribution in [2.45, 2.75) is 6.42 Å². The van der Waals surface area contributed by atoms with Gasteiger partial charge in [0, 0.05) is 23.6 Å². The van der Waals surface area contributed by atoms with Gasteiger partial charge in [-0.1, -0.05) is 48.5 Å². The number of aromatic nitrogens is 1. The van der Waals surface area contributed by atoms with Crippen LogP contribution < -0.4 is 10.1 Å². The third-order valence-corrected chi connectivity index (χ3v) is 4.76. The molecule has 1 amide bonds. The Balaban J connectivity index is 1.58. The van der Waals surface area contributed by atoms with E-state index in [2.05, 4.69) is 10.3 Å². The van der Waals surface area contributed by atoms with Gasteiger partial charge in [0.2, 0.25) is 5.91 Å². The van der Waals surface area contributed by atoms with Gasteiger partial charge in [-0.05, 0) is 11.6 Å². The maximum absolute atomic E-state index is 12.5. The Labute approximate surface area is 149 Å². The molecule has 0 bridgehead atoms. The molecule has 0 unspecified atom stereocenters. The van der Waals surface area contributed by atoms with E-state index in [9.17, 15) is 4.79 Å². The third-order valence-electron chi connectivity index (χ3n) is 4.02. The van der Waals surface area contributed by atoms with E-state index in [1.54, 1.807) is 11.6 Å². The number of nitrogens with one attached hydrogen (secondary N) is 1. The largest absolute Gasteiger partial charge is 0.493 e. The average molecular weight is 348 g/mol. The number of para-hydroxylation sites is 1. The summed E-state index contributed by atoms with van der Waals surface area (Å²) in [7, 11) is 0. The second kappa shape index (κ2) is 6.91. The molecule has 0 atom stereocenters. The van der Waals surface area contributed by atoms with Crippen molar-refractivity contribution >= 4 is 27.8 Å². The Hall–Kier alpha value is -2.92. The van der Waals surface area contributed by atoms with Crippen molar-refractivity contribution in [3.63, 3.8) is 0 Å². The van der Waals surface area contributed by atoms with Crippen LogP contribution >= 0.6 is 11.3 Å². The van der Waals surface area contributed by atoms with Crippen molar-refractivity contribution in [3.05, 3.63) is 71.7 Å². The Morgan fingerprint density at radius 3 is 2.80 bits per heavy atom. The van der Waals surface area contributed by atoms with Gasteiger partial charge in [0.25, 0.3) is 0 Å². The number of fused-ring (bicyclic) bond motifs is 1. The Bertz CT molecular complexity index is 932. The molecule has 2 heterocycles. The van der Waals surface area contributed by atoms with E-state index in [1.807, 2.05) is 54.6 Å². The van der Waals surface area contributed by atoms with E-state index in [1.165, 1.54) is 11.3 Å². The second-order valence-electron chi connectivity index (χ2n) is 5.65. The minimum absolute atomic E-state index is 0.145. The van der Waals surface area contributed by atoms with Crippen molar-refractivity contribution in [2.75, 3.05) is 11.9 Å². The number of anilines is 1. The number of hydrogen-bond donors (Lipinski definition) is 1. The lowest BCUT2D eigenvalue weighted by atomic mass is 9.99. The molecule has 0 spiro atoms. The van der Waals surface area contributed by atoms with Gasteiger partial charge in [-0.2, -0.15) is 0 Å². The molecule has 0 aliphatic carbocycles. The van der Waals surface area contributed by atoms with Crippen LogP contribution in [-0.4, -0.2) is 17.5 Å². The van der Waals surface area contributed by atoms with Gasteiger partial charge in [-0.25, -0.2) is 4.98 Å². The highest BCUT2D eigenvalue weighted by Crippen LogP contribution is 2.33. The number of carbonyl (C=O) groups excluding carboxylic acids is 1. The number of amides is 1. The highest BCUT2D eigenvalue weighted by Gasteiger charge is 2.16. The van der Waals surface area contributed by atoms with Crippen LogP contribution in [0.15, 0.2) is 66.2 Å². The Morgan fingerprint density at radius 2 is 1.92 bits per heavy atom. The molecule has 0 saturated heterocycles. The first-order valence-electron chi connectivity index (χ1n) is 8.04. The summed E-state index contributed by atoms with van der Waals surface area (Å²) in [5.41, 5.74) is 5.50. The lowest BCUT2D eigenvalue weighted by molar-refractivity contribution is -0.111. The van der Waals surface area contributed by atoms with Gasteiger partial charge in [-0.15, -0.1) is 11.3 Å². The molecule has 1 N–H and O–H groups in total. The van der Waals surface area contributed by atoms with E-state index in [0.717, 1.165) is 39.6 Å². The smallest absolute Gasteiger partial charge is 0.249 e. The van der Waals surface area contributed by atoms with Crippen molar-refractivity contribution in [1.82, 2.24) is 4.98 Å². The molecular formula is C20H16N2O2S. The van der Waals surface area contributed by atoms with Gasteiger partial charge in [0.05, 0.1) is 12.1 Å². The van der Waals surface area contributed by atoms with Crippen LogP contribution in [0.1, 0.15) is 12.0 Å². The fourth-order valence-electron chi connectivity index (χ4n) is 2.86. The Kier molecular flexibility index (Phi) is 4.31. The minimum Gasteiger partial charge on any atom is -0.493 e. The Morgan fingerprint density at radius 1 is 1.12 bits per heavy atom. The van der Waals surface area contributed by atoms with Crippen LogP contribution in [0.5, 0.6) is 5.75 Å². The van der Waals surface area contributed by atoms with E-state index in [-0.39, 0.29) is 5.91 Å². The highest BCUT2D eigenvalue weighted by molar-refractivity contribution is 7.14. The molecule has 1 aliphatic heterocycles. The number of nitrogens with zero attached hydrogens (tertiary/aromatic N) is 1. The van der Waals surface area contributed by atoms with Gasteiger partial charge in [0.15, 0.2) is 0 Å². The monoisotopic (exact) mass is 348 g/mol. The van der Waals surface area contributed by atoms with Crippen LogP contribution in [0.3, 0.4) is 0 Å². The van der Waals surface area contributed by atoms with E-state index in [0.29, 0.717) is 6.61 Å². The molecule has 3 aromatic rings. The fourth-order valence-corrected chi connectivity index (χ4v) is 3.56. The molecule has 0 saturated carbocycles. The molecule has 124 valence electrons. The zero-order valence-corrected chi connectivity index (χ0v) is 14.3. The summed E-state index contributed by atoms with van der Waals surface area (Å²) in [5, 5.41) is 3.72. The van der Waals surface area contributed by atoms with Gasteiger partial charge in [-0.3, -0.25) is 4.79 Å². The van der Waals surface area contributed by atoms with E-state index < -0.39 is 0 Å². The molecule has 4 rings (SSSR count). The van der Waals surface area contributed by atoms with Crippen LogP contribution in [0.25, 0.3) is 16.8 Å². The molecule has 1 aromatic heterocycles. The topological polar surface area (TPSA) is 51.2 Å². The SMILES string of the molecule is O=C(/C=C1/CCOc2ccccc21)Nc1scnc1-c1ccccc1. The van der Waals surface area contributed by atoms with E-state index >= 15 is 0 Å². The summed E-state index contributed by atoms with van der Waals surface area (Å²) in [5.74, 6) is 0.684. The number of carbonyl (C=O) groups is 1. The zero-order chi connectivity index (χ0) is 17.1. The molecule has 2 aromatic carbocycles. The predicted octanol–water partition coefficient (Wildman–Crippen LogP) is 4.61. The van der Waals surface area contributed by atoms with Crippen LogP contribution in [-0.2, 0) is 4.79 Å². The van der Waals surface area contributed by atoms with Gasteiger partial charge >= 0.3 is 0 Å². The number of rotatable bonds is 3. The third kappa shape index (κ3) is 3.32. The zero-order valence-electron chi connectivity index (χ0n) is 13.4. The highest BCUT2D eigenvalue weighted by atomic mass is 32.1. The lowest BCUT2D eigenvalue weighted by Crippen LogP contribution is -2.12. The maximum Gasteiger partial charge on any atom is 0.249 e. The lowest BCUT2D eigenvalue weighted by Gasteiger charge is -2.19. The molecular weight excluding hydrogens is 332 g/mol. The van der Waals surface area contributed by atoms with E-state index in [4.69, 9.17) is 4.74 Å². The fraction of sp³-hybridized carbons (Fsp3) is 0.100. The summed E-state index contributed by atoms with van der Waals surface area (Å²) >= 11 is 1.42. The molecule has 1 aliphatic rings. The first-order chi connectivity index (χ1) is 12.3. The van der Waals surface area contributed by atoms with Crippen LogP contribution in [0, 0.1) is 0 Å². The molecule has 4 nitrogen and oxygen atoms in total. The number of benzene rings is 2. The summed E-state index contributed by atoms with van der Waals surface area (Å²) in [4.78, 5) is 16.9. The standard InChI is InChI=1S/C20H16N2O2S/c23-18(12-15-10-11-24-17-9-5-4-8-16(15)17)22-20-19(21-13-25-20)14-6-2-1-3-7-14/h1-9,12-13H,10-11H2,(H,22,23)/b15-12-. The number of hydrogen-bond acceptors (Lipinski definition) is 4. The summed E-state index contributed by atoms with van der Waals surface area (Å²) in [6, 6.07) is 17.6. The second-order valence-corrected chi connectivity index (χ2v) is 6.50. The minimum atomic E-state index is -0.145. The average Bonchev–Trinajstić information content (AvgIpc) is 3.11. The number of thiazole rings is 1. The summed E-state index contributed by atoms with van der Waals surface area (Å²) < 4.78 is 5.64. The van der Waals surface area contributed by atoms with Crippen molar-refractivity contribution in [2.24, 2.45) is 0 Å². The molecule has 25 heavy (non-hydrogen) atoms. The number of ether oxygens (including phenoxy) is 1. The molecule has 0 radical (unpaired) electrons. The van der Waals surface area contributed by atoms with Gasteiger partial charge in [0.1, 0.15) is 16.4 Å². The predicted molar refractivity (Wildman–Crippen MR) is 101 cm³/mol. The quantitative estimate of drug-likeness (QED) is 0.703. The summed E-state index contributed by atoms with van der Waals surface area (Å²) in [6.07, 6.45) is 2.38.